The maximum absolute atomic E-state index is 11.3. The third-order valence-corrected chi connectivity index (χ3v) is 3.51. The molecule has 0 saturated heterocycles. The van der Waals surface area contributed by atoms with Crippen molar-refractivity contribution in [3.8, 4) is 5.75 Å². The summed E-state index contributed by atoms with van der Waals surface area (Å²) in [5.41, 5.74) is 1.01. The predicted octanol–water partition coefficient (Wildman–Crippen LogP) is 2.16. The van der Waals surface area contributed by atoms with Crippen molar-refractivity contribution in [3.05, 3.63) is 29.8 Å². The van der Waals surface area contributed by atoms with E-state index in [1.54, 1.807) is 25.1 Å². The van der Waals surface area contributed by atoms with E-state index < -0.39 is 10.1 Å². The highest BCUT2D eigenvalue weighted by Gasteiger charge is 2.09. The summed E-state index contributed by atoms with van der Waals surface area (Å²) < 4.78 is 27.7. The molecule has 1 N–H and O–H groups in total. The van der Waals surface area contributed by atoms with Crippen LogP contribution in [0.15, 0.2) is 24.3 Å². The van der Waals surface area contributed by atoms with Crippen LogP contribution in [0.5, 0.6) is 5.75 Å². The largest absolute Gasteiger partial charge is 0.382 e. The lowest BCUT2D eigenvalue weighted by Gasteiger charge is -2.09. The van der Waals surface area contributed by atoms with Crippen molar-refractivity contribution in [2.45, 2.75) is 27.3 Å². The van der Waals surface area contributed by atoms with E-state index in [4.69, 9.17) is 4.18 Å². The smallest absolute Gasteiger partial charge is 0.308 e. The van der Waals surface area contributed by atoms with Gasteiger partial charge < -0.3 is 9.50 Å². The minimum atomic E-state index is -3.44. The highest BCUT2D eigenvalue weighted by atomic mass is 32.2. The predicted molar refractivity (Wildman–Crippen MR) is 73.1 cm³/mol. The van der Waals surface area contributed by atoms with Gasteiger partial charge in [-0.1, -0.05) is 26.0 Å². The third kappa shape index (κ3) is 5.51. The van der Waals surface area contributed by atoms with Crippen molar-refractivity contribution in [1.82, 2.24) is 5.32 Å². The van der Waals surface area contributed by atoms with Crippen molar-refractivity contribution in [1.29, 1.82) is 0 Å². The fourth-order valence-corrected chi connectivity index (χ4v) is 1.93. The molecule has 0 saturated carbocycles. The highest BCUT2D eigenvalue weighted by molar-refractivity contribution is 7.87. The van der Waals surface area contributed by atoms with Crippen molar-refractivity contribution in [2.75, 3.05) is 12.3 Å². The second kappa shape index (κ2) is 6.75. The second-order valence-corrected chi connectivity index (χ2v) is 6.46. The van der Waals surface area contributed by atoms with Crippen LogP contribution < -0.4 is 9.50 Å². The molecule has 0 unspecified atom stereocenters. The van der Waals surface area contributed by atoms with Gasteiger partial charge >= 0.3 is 10.1 Å². The molecule has 0 aliphatic heterocycles. The lowest BCUT2D eigenvalue weighted by molar-refractivity contribution is 0.486. The molecule has 0 aliphatic carbocycles. The maximum atomic E-state index is 11.3. The molecule has 0 aliphatic rings. The minimum Gasteiger partial charge on any atom is -0.382 e. The summed E-state index contributed by atoms with van der Waals surface area (Å²) in [5, 5.41) is 3.30. The Morgan fingerprint density at radius 1 is 1.33 bits per heavy atom. The van der Waals surface area contributed by atoms with Gasteiger partial charge in [0.25, 0.3) is 0 Å². The van der Waals surface area contributed by atoms with Crippen LogP contribution in [0.2, 0.25) is 0 Å². The molecule has 4 nitrogen and oxygen atoms in total. The number of rotatable bonds is 7. The van der Waals surface area contributed by atoms with Crippen LogP contribution in [-0.2, 0) is 16.7 Å². The number of nitrogens with one attached hydrogen (secondary N) is 1. The molecule has 1 rings (SSSR count). The molecule has 0 amide bonds. The fourth-order valence-electron chi connectivity index (χ4n) is 1.42. The normalized spacial score (nSPS) is 11.8. The standard InChI is InChI=1S/C13H21NO3S/c1-4-18(15,16)17-13-7-5-6-12(8-13)10-14-9-11(2)3/h5-8,11,14H,4,9-10H2,1-3H3. The Bertz CT molecular complexity index is 469. The van der Waals surface area contributed by atoms with Gasteiger partial charge in [-0.05, 0) is 37.1 Å². The van der Waals surface area contributed by atoms with Gasteiger partial charge in [-0.25, -0.2) is 0 Å². The zero-order valence-electron chi connectivity index (χ0n) is 11.1. The van der Waals surface area contributed by atoms with E-state index in [0.717, 1.165) is 12.1 Å². The van der Waals surface area contributed by atoms with Gasteiger partial charge in [-0.3, -0.25) is 0 Å². The molecule has 102 valence electrons. The number of hydrogen-bond acceptors (Lipinski definition) is 4. The van der Waals surface area contributed by atoms with Crippen LogP contribution in [0.3, 0.4) is 0 Å². The topological polar surface area (TPSA) is 55.4 Å². The molecule has 0 radical (unpaired) electrons. The lowest BCUT2D eigenvalue weighted by Crippen LogP contribution is -2.19. The van der Waals surface area contributed by atoms with Crippen molar-refractivity contribution < 1.29 is 12.6 Å². The monoisotopic (exact) mass is 271 g/mol. The molecular formula is C13H21NO3S. The SMILES string of the molecule is CCS(=O)(=O)Oc1cccc(CNCC(C)C)c1. The molecule has 0 heterocycles. The Hall–Kier alpha value is -1.07. The molecule has 1 aromatic carbocycles. The third-order valence-electron chi connectivity index (χ3n) is 2.36. The molecule has 0 spiro atoms. The first kappa shape index (κ1) is 15.0. The second-order valence-electron chi connectivity index (χ2n) is 4.60. The van der Waals surface area contributed by atoms with E-state index in [1.807, 2.05) is 6.07 Å². The lowest BCUT2D eigenvalue weighted by atomic mass is 10.2. The van der Waals surface area contributed by atoms with Gasteiger partial charge in [-0.15, -0.1) is 0 Å². The van der Waals surface area contributed by atoms with Crippen molar-refractivity contribution >= 4 is 10.1 Å². The zero-order chi connectivity index (χ0) is 13.6. The maximum Gasteiger partial charge on any atom is 0.308 e. The fraction of sp³-hybridized carbons (Fsp3) is 0.538. The van der Waals surface area contributed by atoms with E-state index in [2.05, 4.69) is 19.2 Å². The average molecular weight is 271 g/mol. The molecule has 1 aromatic rings. The minimum absolute atomic E-state index is 0.0250. The summed E-state index contributed by atoms with van der Waals surface area (Å²) in [5.74, 6) is 0.939. The molecule has 0 aromatic heterocycles. The molecule has 18 heavy (non-hydrogen) atoms. The van der Waals surface area contributed by atoms with Gasteiger partial charge in [0.2, 0.25) is 0 Å². The molecule has 0 atom stereocenters. The number of hydrogen-bond donors (Lipinski definition) is 1. The Balaban J connectivity index is 2.62. The van der Waals surface area contributed by atoms with Crippen LogP contribution in [0.4, 0.5) is 0 Å². The summed E-state index contributed by atoms with van der Waals surface area (Å²) >= 11 is 0. The Morgan fingerprint density at radius 2 is 2.06 bits per heavy atom. The Labute approximate surface area is 109 Å². The van der Waals surface area contributed by atoms with Gasteiger partial charge in [0, 0.05) is 6.54 Å². The summed E-state index contributed by atoms with van der Waals surface area (Å²) in [6, 6.07) is 7.14. The zero-order valence-corrected chi connectivity index (χ0v) is 12.0. The van der Waals surface area contributed by atoms with Crippen molar-refractivity contribution in [2.24, 2.45) is 5.92 Å². The van der Waals surface area contributed by atoms with E-state index >= 15 is 0 Å². The van der Waals surface area contributed by atoms with Gasteiger partial charge in [0.15, 0.2) is 0 Å². The van der Waals surface area contributed by atoms with Crippen LogP contribution in [-0.4, -0.2) is 20.7 Å². The molecule has 5 heteroatoms. The molecule has 0 fully saturated rings. The molecular weight excluding hydrogens is 250 g/mol. The van der Waals surface area contributed by atoms with Crippen molar-refractivity contribution in [3.63, 3.8) is 0 Å². The first-order chi connectivity index (χ1) is 8.43. The van der Waals surface area contributed by atoms with Crippen LogP contribution in [0.1, 0.15) is 26.3 Å². The first-order valence-electron chi connectivity index (χ1n) is 6.14. The first-order valence-corrected chi connectivity index (χ1v) is 7.72. The van der Waals surface area contributed by atoms with E-state index in [-0.39, 0.29) is 5.75 Å². The van der Waals surface area contributed by atoms with Gasteiger partial charge in [0.1, 0.15) is 5.75 Å². The number of benzene rings is 1. The van der Waals surface area contributed by atoms with Crippen LogP contribution >= 0.6 is 0 Å². The van der Waals surface area contributed by atoms with Crippen LogP contribution in [0, 0.1) is 5.92 Å². The van der Waals surface area contributed by atoms with Gasteiger partial charge in [0.05, 0.1) is 5.75 Å². The Morgan fingerprint density at radius 3 is 2.67 bits per heavy atom. The van der Waals surface area contributed by atoms with E-state index in [1.165, 1.54) is 0 Å². The highest BCUT2D eigenvalue weighted by Crippen LogP contribution is 2.15. The van der Waals surface area contributed by atoms with Gasteiger partial charge in [-0.2, -0.15) is 8.42 Å². The Kier molecular flexibility index (Phi) is 5.62. The molecule has 0 bridgehead atoms. The average Bonchev–Trinajstić information content (AvgIpc) is 2.28. The quantitative estimate of drug-likeness (QED) is 0.772. The van der Waals surface area contributed by atoms with Crippen LogP contribution in [0.25, 0.3) is 0 Å². The van der Waals surface area contributed by atoms with E-state index in [9.17, 15) is 8.42 Å². The summed E-state index contributed by atoms with van der Waals surface area (Å²) in [6.07, 6.45) is 0. The summed E-state index contributed by atoms with van der Waals surface area (Å²) in [4.78, 5) is 0. The summed E-state index contributed by atoms with van der Waals surface area (Å²) in [7, 11) is -3.44. The van der Waals surface area contributed by atoms with E-state index in [0.29, 0.717) is 18.2 Å². The summed E-state index contributed by atoms with van der Waals surface area (Å²) in [6.45, 7) is 7.48.